The molecule has 0 spiro atoms. The molecule has 0 aromatic rings. The van der Waals surface area contributed by atoms with Gasteiger partial charge in [-0.25, -0.2) is 0 Å². The molecule has 2 unspecified atom stereocenters. The third-order valence-electron chi connectivity index (χ3n) is 5.43. The third kappa shape index (κ3) is 2.82. The second-order valence-corrected chi connectivity index (χ2v) is 7.09. The lowest BCUT2D eigenvalue weighted by molar-refractivity contribution is -0.145. The summed E-state index contributed by atoms with van der Waals surface area (Å²) in [6.07, 6.45) is 7.62. The Balaban J connectivity index is 2.16. The molecule has 2 atom stereocenters. The zero-order valence-corrected chi connectivity index (χ0v) is 16.7. The van der Waals surface area contributed by atoms with E-state index in [0.717, 1.165) is 35.4 Å². The van der Waals surface area contributed by atoms with Crippen molar-refractivity contribution in [1.82, 2.24) is 4.90 Å². The SMILES string of the molecule is CCOC(=O)C1C(Cl)=C(C)N2C1=C1C=CC(OC)(OC)C=C1CC2CC. The normalized spacial score (nSPS) is 26.7. The smallest absolute Gasteiger partial charge is 0.320 e. The Morgan fingerprint density at radius 2 is 2.04 bits per heavy atom. The maximum Gasteiger partial charge on any atom is 0.320 e. The largest absolute Gasteiger partial charge is 0.465 e. The van der Waals surface area contributed by atoms with Gasteiger partial charge in [0.15, 0.2) is 0 Å². The summed E-state index contributed by atoms with van der Waals surface area (Å²) in [6, 6.07) is 0.228. The van der Waals surface area contributed by atoms with Gasteiger partial charge in [-0.3, -0.25) is 4.79 Å². The number of fused-ring (bicyclic) bond motifs is 2. The highest BCUT2D eigenvalue weighted by Gasteiger charge is 2.47. The molecule has 142 valence electrons. The summed E-state index contributed by atoms with van der Waals surface area (Å²) in [5, 5.41) is 0.550. The van der Waals surface area contributed by atoms with Crippen LogP contribution < -0.4 is 0 Å². The minimum absolute atomic E-state index is 0.228. The van der Waals surface area contributed by atoms with Gasteiger partial charge < -0.3 is 19.1 Å². The van der Waals surface area contributed by atoms with Crippen molar-refractivity contribution < 1.29 is 19.0 Å². The van der Waals surface area contributed by atoms with Crippen LogP contribution in [-0.2, 0) is 19.0 Å². The van der Waals surface area contributed by atoms with Crippen LogP contribution in [0.4, 0.5) is 0 Å². The monoisotopic (exact) mass is 379 g/mol. The molecular formula is C20H26ClNO4. The average molecular weight is 380 g/mol. The molecule has 0 saturated carbocycles. The molecule has 0 aromatic carbocycles. The second kappa shape index (κ2) is 7.22. The van der Waals surface area contributed by atoms with E-state index in [9.17, 15) is 4.79 Å². The number of allylic oxidation sites excluding steroid dienone is 3. The van der Waals surface area contributed by atoms with Crippen LogP contribution in [0.25, 0.3) is 0 Å². The molecule has 3 rings (SSSR count). The van der Waals surface area contributed by atoms with Crippen LogP contribution >= 0.6 is 11.6 Å². The van der Waals surface area contributed by atoms with Gasteiger partial charge in [-0.1, -0.05) is 24.6 Å². The van der Waals surface area contributed by atoms with Crippen LogP contribution in [0.1, 0.15) is 33.6 Å². The van der Waals surface area contributed by atoms with E-state index >= 15 is 0 Å². The van der Waals surface area contributed by atoms with Crippen molar-refractivity contribution in [2.24, 2.45) is 5.92 Å². The standard InChI is InChI=1S/C20H26ClNO4/c1-6-14-10-13-11-20(24-4,25-5)9-8-15(13)18-16(19(23)26-7-2)17(21)12(3)22(14)18/h8-9,11,14,16H,6-7,10H2,1-5H3. The zero-order valence-electron chi connectivity index (χ0n) is 16.0. The van der Waals surface area contributed by atoms with Gasteiger partial charge in [-0.05, 0) is 50.0 Å². The van der Waals surface area contributed by atoms with E-state index < -0.39 is 11.7 Å². The summed E-state index contributed by atoms with van der Waals surface area (Å²) in [7, 11) is 3.24. The lowest BCUT2D eigenvalue weighted by Gasteiger charge is -2.41. The molecular weight excluding hydrogens is 354 g/mol. The Morgan fingerprint density at radius 3 is 2.62 bits per heavy atom. The lowest BCUT2D eigenvalue weighted by Crippen LogP contribution is -2.40. The molecule has 0 radical (unpaired) electrons. The molecule has 2 aliphatic heterocycles. The molecule has 0 N–H and O–H groups in total. The lowest BCUT2D eigenvalue weighted by atomic mass is 9.83. The van der Waals surface area contributed by atoms with Crippen molar-refractivity contribution in [2.75, 3.05) is 20.8 Å². The molecule has 26 heavy (non-hydrogen) atoms. The first-order valence-corrected chi connectivity index (χ1v) is 9.38. The predicted molar refractivity (Wildman–Crippen MR) is 100 cm³/mol. The van der Waals surface area contributed by atoms with E-state index in [-0.39, 0.29) is 12.0 Å². The number of methoxy groups -OCH3 is 2. The van der Waals surface area contributed by atoms with E-state index in [4.69, 9.17) is 25.8 Å². The highest BCUT2D eigenvalue weighted by Crippen LogP contribution is 2.50. The molecule has 1 aliphatic carbocycles. The summed E-state index contributed by atoms with van der Waals surface area (Å²) in [6.45, 7) is 6.25. The van der Waals surface area contributed by atoms with E-state index in [1.807, 2.05) is 25.2 Å². The molecule has 0 saturated heterocycles. The first kappa shape index (κ1) is 19.2. The first-order valence-electron chi connectivity index (χ1n) is 9.00. The number of esters is 1. The number of carbonyl (C=O) groups excluding carboxylic acids is 1. The Kier molecular flexibility index (Phi) is 5.33. The van der Waals surface area contributed by atoms with Crippen LogP contribution in [0.3, 0.4) is 0 Å². The van der Waals surface area contributed by atoms with E-state index in [1.54, 1.807) is 21.1 Å². The van der Waals surface area contributed by atoms with Gasteiger partial charge in [0.25, 0.3) is 0 Å². The fourth-order valence-electron chi connectivity index (χ4n) is 4.06. The van der Waals surface area contributed by atoms with Crippen molar-refractivity contribution in [2.45, 2.75) is 45.4 Å². The van der Waals surface area contributed by atoms with Crippen molar-refractivity contribution in [3.05, 3.63) is 45.8 Å². The minimum Gasteiger partial charge on any atom is -0.465 e. The number of rotatable bonds is 5. The summed E-state index contributed by atoms with van der Waals surface area (Å²) in [5.74, 6) is -1.75. The van der Waals surface area contributed by atoms with Gasteiger partial charge in [0.05, 0.1) is 11.6 Å². The van der Waals surface area contributed by atoms with Crippen molar-refractivity contribution in [1.29, 1.82) is 0 Å². The summed E-state index contributed by atoms with van der Waals surface area (Å²) < 4.78 is 16.4. The number of halogens is 1. The van der Waals surface area contributed by atoms with Crippen LogP contribution in [0.5, 0.6) is 0 Å². The van der Waals surface area contributed by atoms with Crippen LogP contribution in [0.15, 0.2) is 45.8 Å². The second-order valence-electron chi connectivity index (χ2n) is 6.69. The predicted octanol–water partition coefficient (Wildman–Crippen LogP) is 3.87. The number of hydrogen-bond donors (Lipinski definition) is 0. The first-order chi connectivity index (χ1) is 12.4. The maximum absolute atomic E-state index is 12.7. The fraction of sp³-hybridized carbons (Fsp3) is 0.550. The number of carbonyl (C=O) groups is 1. The third-order valence-corrected chi connectivity index (χ3v) is 5.92. The summed E-state index contributed by atoms with van der Waals surface area (Å²) in [5.41, 5.74) is 3.96. The maximum atomic E-state index is 12.7. The molecule has 2 heterocycles. The quantitative estimate of drug-likeness (QED) is 0.536. The van der Waals surface area contributed by atoms with E-state index in [0.29, 0.717) is 11.6 Å². The Morgan fingerprint density at radius 1 is 1.35 bits per heavy atom. The minimum atomic E-state index is -0.871. The van der Waals surface area contributed by atoms with Crippen LogP contribution in [0, 0.1) is 5.92 Å². The average Bonchev–Trinajstić information content (AvgIpc) is 2.92. The van der Waals surface area contributed by atoms with Gasteiger partial charge in [0.2, 0.25) is 5.79 Å². The van der Waals surface area contributed by atoms with Crippen molar-refractivity contribution in [3.63, 3.8) is 0 Å². The van der Waals surface area contributed by atoms with Gasteiger partial charge in [0, 0.05) is 31.7 Å². The summed E-state index contributed by atoms with van der Waals surface area (Å²) in [4.78, 5) is 14.9. The number of nitrogens with zero attached hydrogens (tertiary/aromatic N) is 1. The number of hydrogen-bond acceptors (Lipinski definition) is 5. The van der Waals surface area contributed by atoms with Crippen LogP contribution in [0.2, 0.25) is 0 Å². The highest BCUT2D eigenvalue weighted by molar-refractivity contribution is 6.32. The molecule has 0 bridgehead atoms. The fourth-order valence-corrected chi connectivity index (χ4v) is 4.35. The zero-order chi connectivity index (χ0) is 19.1. The van der Waals surface area contributed by atoms with Crippen molar-refractivity contribution in [3.8, 4) is 0 Å². The van der Waals surface area contributed by atoms with Gasteiger partial charge in [-0.15, -0.1) is 0 Å². The van der Waals surface area contributed by atoms with E-state index in [2.05, 4.69) is 11.8 Å². The number of ether oxygens (including phenoxy) is 3. The van der Waals surface area contributed by atoms with E-state index in [1.165, 1.54) is 0 Å². The molecule has 0 amide bonds. The Bertz CT molecular complexity index is 730. The summed E-state index contributed by atoms with van der Waals surface area (Å²) >= 11 is 6.61. The molecule has 3 aliphatic rings. The molecule has 5 nitrogen and oxygen atoms in total. The highest BCUT2D eigenvalue weighted by atomic mass is 35.5. The Labute approximate surface area is 159 Å². The molecule has 0 fully saturated rings. The Hall–Kier alpha value is -1.56. The van der Waals surface area contributed by atoms with Gasteiger partial charge >= 0.3 is 5.97 Å². The molecule has 0 aromatic heterocycles. The van der Waals surface area contributed by atoms with Crippen molar-refractivity contribution >= 4 is 17.6 Å². The van der Waals surface area contributed by atoms with Crippen LogP contribution in [-0.4, -0.2) is 43.5 Å². The topological polar surface area (TPSA) is 48.0 Å². The van der Waals surface area contributed by atoms with Gasteiger partial charge in [-0.2, -0.15) is 0 Å². The molecule has 6 heteroatoms. The van der Waals surface area contributed by atoms with Gasteiger partial charge in [0.1, 0.15) is 5.92 Å².